The summed E-state index contributed by atoms with van der Waals surface area (Å²) < 4.78 is 6.07. The lowest BCUT2D eigenvalue weighted by atomic mass is 9.96. The number of aliphatic imine (C=N–C) groups is 1. The fourth-order valence-electron chi connectivity index (χ4n) is 2.17. The van der Waals surface area contributed by atoms with Crippen molar-refractivity contribution in [1.82, 2.24) is 0 Å². The van der Waals surface area contributed by atoms with E-state index in [2.05, 4.69) is 24.0 Å². The Morgan fingerprint density at radius 3 is 2.22 bits per heavy atom. The third kappa shape index (κ3) is 1.90. The van der Waals surface area contributed by atoms with E-state index in [0.29, 0.717) is 6.54 Å². The van der Waals surface area contributed by atoms with Crippen LogP contribution in [-0.2, 0) is 10.3 Å². The number of nitrogens with zero attached hydrogens (tertiary/aromatic N) is 1. The van der Waals surface area contributed by atoms with Gasteiger partial charge in [-0.25, -0.2) is 4.99 Å². The third-order valence-corrected chi connectivity index (χ3v) is 3.25. The Morgan fingerprint density at radius 1 is 0.944 bits per heavy atom. The summed E-state index contributed by atoms with van der Waals surface area (Å²) in [5.41, 5.74) is 1.86. The zero-order chi connectivity index (χ0) is 12.4. The van der Waals surface area contributed by atoms with Crippen LogP contribution in [0, 0.1) is 0 Å². The van der Waals surface area contributed by atoms with Crippen molar-refractivity contribution in [1.29, 1.82) is 0 Å². The molecule has 0 spiro atoms. The van der Waals surface area contributed by atoms with Crippen molar-refractivity contribution in [2.24, 2.45) is 4.99 Å². The minimum absolute atomic E-state index is 0.341. The molecule has 0 saturated carbocycles. The minimum atomic E-state index is -0.341. The van der Waals surface area contributed by atoms with Gasteiger partial charge in [-0.05, 0) is 24.6 Å². The molecule has 1 heterocycles. The van der Waals surface area contributed by atoms with E-state index in [1.165, 1.54) is 5.56 Å². The molecule has 0 fully saturated rings. The van der Waals surface area contributed by atoms with Crippen molar-refractivity contribution < 1.29 is 4.74 Å². The first kappa shape index (κ1) is 11.0. The number of hydrogen-bond donors (Lipinski definition) is 0. The van der Waals surface area contributed by atoms with Gasteiger partial charge in [-0.15, -0.1) is 0 Å². The summed E-state index contributed by atoms with van der Waals surface area (Å²) >= 11 is 0. The third-order valence-electron chi connectivity index (χ3n) is 3.25. The van der Waals surface area contributed by atoms with Crippen LogP contribution in [0.3, 0.4) is 0 Å². The van der Waals surface area contributed by atoms with Gasteiger partial charge in [-0.2, -0.15) is 0 Å². The molecule has 0 aliphatic carbocycles. The first-order valence-corrected chi connectivity index (χ1v) is 6.12. The number of benzene rings is 2. The second-order valence-corrected chi connectivity index (χ2v) is 4.69. The maximum Gasteiger partial charge on any atom is 0.217 e. The highest BCUT2D eigenvalue weighted by molar-refractivity contribution is 5.95. The molecule has 1 aliphatic rings. The van der Waals surface area contributed by atoms with Crippen LogP contribution in [0.1, 0.15) is 18.1 Å². The molecule has 1 unspecified atom stereocenters. The maximum absolute atomic E-state index is 6.07. The molecule has 2 aromatic rings. The van der Waals surface area contributed by atoms with E-state index in [9.17, 15) is 0 Å². The Bertz CT molecular complexity index is 562. The fourth-order valence-corrected chi connectivity index (χ4v) is 2.17. The van der Waals surface area contributed by atoms with Crippen molar-refractivity contribution in [2.45, 2.75) is 12.5 Å². The summed E-state index contributed by atoms with van der Waals surface area (Å²) in [4.78, 5) is 4.53. The van der Waals surface area contributed by atoms with E-state index < -0.39 is 0 Å². The Morgan fingerprint density at radius 2 is 1.56 bits per heavy atom. The second-order valence-electron chi connectivity index (χ2n) is 4.69. The van der Waals surface area contributed by atoms with Gasteiger partial charge in [0.2, 0.25) is 5.90 Å². The number of ether oxygens (including phenoxy) is 1. The summed E-state index contributed by atoms with van der Waals surface area (Å²) in [6.45, 7) is 2.75. The van der Waals surface area contributed by atoms with Crippen LogP contribution in [0.15, 0.2) is 65.7 Å². The molecule has 2 aromatic carbocycles. The predicted molar refractivity (Wildman–Crippen MR) is 72.7 cm³/mol. The zero-order valence-electron chi connectivity index (χ0n) is 10.3. The van der Waals surface area contributed by atoms with Crippen molar-refractivity contribution in [2.75, 3.05) is 6.54 Å². The SMILES string of the molecule is CC1(c2ccccc2)CN=C(c2ccccc2)O1. The predicted octanol–water partition coefficient (Wildman–Crippen LogP) is 3.38. The molecule has 0 saturated heterocycles. The Labute approximate surface area is 107 Å². The summed E-state index contributed by atoms with van der Waals surface area (Å²) in [6, 6.07) is 20.3. The van der Waals surface area contributed by atoms with Crippen LogP contribution in [0.2, 0.25) is 0 Å². The molecule has 3 rings (SSSR count). The molecule has 0 N–H and O–H groups in total. The highest BCUT2D eigenvalue weighted by Crippen LogP contribution is 2.31. The molecule has 0 amide bonds. The molecule has 0 radical (unpaired) electrons. The number of hydrogen-bond acceptors (Lipinski definition) is 2. The first-order chi connectivity index (χ1) is 8.78. The van der Waals surface area contributed by atoms with E-state index in [4.69, 9.17) is 4.74 Å². The molecule has 2 nitrogen and oxygen atoms in total. The monoisotopic (exact) mass is 237 g/mol. The van der Waals surface area contributed by atoms with E-state index in [1.54, 1.807) is 0 Å². The molecular formula is C16H15NO. The van der Waals surface area contributed by atoms with Crippen LogP contribution in [0.25, 0.3) is 0 Å². The lowest BCUT2D eigenvalue weighted by molar-refractivity contribution is 0.108. The number of rotatable bonds is 2. The first-order valence-electron chi connectivity index (χ1n) is 6.12. The topological polar surface area (TPSA) is 21.6 Å². The van der Waals surface area contributed by atoms with Crippen LogP contribution in [-0.4, -0.2) is 12.4 Å². The van der Waals surface area contributed by atoms with Crippen molar-refractivity contribution >= 4 is 5.90 Å². The second kappa shape index (κ2) is 4.30. The summed E-state index contributed by atoms with van der Waals surface area (Å²) in [5.74, 6) is 0.738. The molecule has 1 aliphatic heterocycles. The average Bonchev–Trinajstić information content (AvgIpc) is 2.85. The fraction of sp³-hybridized carbons (Fsp3) is 0.188. The Balaban J connectivity index is 1.86. The van der Waals surface area contributed by atoms with Gasteiger partial charge in [0.1, 0.15) is 0 Å². The molecule has 18 heavy (non-hydrogen) atoms. The molecule has 0 bridgehead atoms. The Kier molecular flexibility index (Phi) is 2.63. The summed E-state index contributed by atoms with van der Waals surface area (Å²) in [6.07, 6.45) is 0. The standard InChI is InChI=1S/C16H15NO/c1-16(14-10-6-3-7-11-14)12-17-15(18-16)13-8-4-2-5-9-13/h2-11H,12H2,1H3. The highest BCUT2D eigenvalue weighted by atomic mass is 16.5. The summed E-state index contributed by atoms with van der Waals surface area (Å²) in [5, 5.41) is 0. The van der Waals surface area contributed by atoms with Crippen LogP contribution < -0.4 is 0 Å². The van der Waals surface area contributed by atoms with Crippen molar-refractivity contribution in [3.8, 4) is 0 Å². The van der Waals surface area contributed by atoms with Gasteiger partial charge in [0.25, 0.3) is 0 Å². The minimum Gasteiger partial charge on any atom is -0.464 e. The zero-order valence-corrected chi connectivity index (χ0v) is 10.3. The van der Waals surface area contributed by atoms with Crippen LogP contribution in [0.5, 0.6) is 0 Å². The van der Waals surface area contributed by atoms with Gasteiger partial charge in [-0.3, -0.25) is 0 Å². The lowest BCUT2D eigenvalue weighted by Crippen LogP contribution is -2.26. The smallest absolute Gasteiger partial charge is 0.217 e. The average molecular weight is 237 g/mol. The Hall–Kier alpha value is -2.09. The van der Waals surface area contributed by atoms with Gasteiger partial charge in [-0.1, -0.05) is 48.5 Å². The largest absolute Gasteiger partial charge is 0.464 e. The molecule has 1 atom stereocenters. The highest BCUT2D eigenvalue weighted by Gasteiger charge is 2.35. The van der Waals surface area contributed by atoms with Gasteiger partial charge < -0.3 is 4.74 Å². The van der Waals surface area contributed by atoms with Gasteiger partial charge in [0.05, 0.1) is 6.54 Å². The van der Waals surface area contributed by atoms with Gasteiger partial charge in [0, 0.05) is 5.56 Å². The van der Waals surface area contributed by atoms with E-state index in [-0.39, 0.29) is 5.60 Å². The molecule has 0 aromatic heterocycles. The summed E-state index contributed by atoms with van der Waals surface area (Å²) in [7, 11) is 0. The van der Waals surface area contributed by atoms with Gasteiger partial charge >= 0.3 is 0 Å². The molecule has 90 valence electrons. The van der Waals surface area contributed by atoms with Crippen LogP contribution >= 0.6 is 0 Å². The van der Waals surface area contributed by atoms with Crippen molar-refractivity contribution in [3.05, 3.63) is 71.8 Å². The van der Waals surface area contributed by atoms with E-state index in [0.717, 1.165) is 11.5 Å². The van der Waals surface area contributed by atoms with Crippen molar-refractivity contribution in [3.63, 3.8) is 0 Å². The van der Waals surface area contributed by atoms with E-state index >= 15 is 0 Å². The van der Waals surface area contributed by atoms with Gasteiger partial charge in [0.15, 0.2) is 5.60 Å². The normalized spacial score (nSPS) is 22.4. The lowest BCUT2D eigenvalue weighted by Gasteiger charge is -2.24. The maximum atomic E-state index is 6.07. The van der Waals surface area contributed by atoms with Crippen LogP contribution in [0.4, 0.5) is 0 Å². The van der Waals surface area contributed by atoms with E-state index in [1.807, 2.05) is 48.5 Å². The molecular weight excluding hydrogens is 222 g/mol. The quantitative estimate of drug-likeness (QED) is 0.784. The molecule has 2 heteroatoms.